The molecule has 1 heterocycles. The minimum absolute atomic E-state index is 0.0525. The van der Waals surface area contributed by atoms with Gasteiger partial charge in [-0.2, -0.15) is 5.26 Å². The van der Waals surface area contributed by atoms with Crippen LogP contribution in [-0.4, -0.2) is 15.3 Å². The van der Waals surface area contributed by atoms with Gasteiger partial charge in [0.05, 0.1) is 23.1 Å². The van der Waals surface area contributed by atoms with Crippen LogP contribution in [0.2, 0.25) is 0 Å². The van der Waals surface area contributed by atoms with Crippen molar-refractivity contribution in [1.82, 2.24) is 9.55 Å². The lowest BCUT2D eigenvalue weighted by Crippen LogP contribution is -2.43. The first-order valence-electron chi connectivity index (χ1n) is 9.54. The van der Waals surface area contributed by atoms with E-state index in [-0.39, 0.29) is 16.7 Å². The van der Waals surface area contributed by atoms with E-state index >= 15 is 0 Å². The summed E-state index contributed by atoms with van der Waals surface area (Å²) in [6.07, 6.45) is 8.31. The van der Waals surface area contributed by atoms with Crippen molar-refractivity contribution < 1.29 is 0 Å². The molecule has 0 N–H and O–H groups in total. The van der Waals surface area contributed by atoms with Crippen LogP contribution in [0.3, 0.4) is 0 Å². The van der Waals surface area contributed by atoms with Crippen LogP contribution in [-0.2, 0) is 18.4 Å². The highest BCUT2D eigenvalue weighted by Gasteiger charge is 2.43. The molecule has 2 aromatic rings. The topological polar surface area (TPSA) is 58.7 Å². The minimum atomic E-state index is -0.104. The van der Waals surface area contributed by atoms with Gasteiger partial charge in [-0.15, -0.1) is 6.58 Å². The van der Waals surface area contributed by atoms with Gasteiger partial charge in [0.15, 0.2) is 5.16 Å². The van der Waals surface area contributed by atoms with Crippen LogP contribution < -0.4 is 5.56 Å². The lowest BCUT2D eigenvalue weighted by Gasteiger charge is -2.42. The summed E-state index contributed by atoms with van der Waals surface area (Å²) in [5.74, 6) is 0.273. The summed E-state index contributed by atoms with van der Waals surface area (Å²) in [5, 5.41) is 9.62. The van der Waals surface area contributed by atoms with E-state index in [1.54, 1.807) is 10.6 Å². The van der Waals surface area contributed by atoms with E-state index in [0.717, 1.165) is 48.9 Å². The normalized spacial score (nSPS) is 17.0. The number of fused-ring (bicyclic) bond motifs is 4. The standard InChI is InChI=1S/C22H23N3OS/c1-2-13-25-20(26)18-19(24-21(25)27-14-12-23)17-9-5-4-8-16(17)15-22(18)10-6-3-7-11-22/h2,4-5,8-9H,1,3,6-7,10-11,13-15H2. The maximum absolute atomic E-state index is 13.6. The van der Waals surface area contributed by atoms with Crippen LogP contribution in [0.15, 0.2) is 46.9 Å². The SMILES string of the molecule is C=CCn1c(SCC#N)nc2c(c1=O)C1(CCCCC1)Cc1ccccc1-2. The van der Waals surface area contributed by atoms with Gasteiger partial charge in [-0.3, -0.25) is 9.36 Å². The van der Waals surface area contributed by atoms with Crippen molar-refractivity contribution in [2.24, 2.45) is 0 Å². The summed E-state index contributed by atoms with van der Waals surface area (Å²) in [4.78, 5) is 18.6. The lowest BCUT2D eigenvalue weighted by atomic mass is 9.62. The molecule has 1 aromatic carbocycles. The molecular weight excluding hydrogens is 354 g/mol. The Bertz CT molecular complexity index is 980. The van der Waals surface area contributed by atoms with Gasteiger partial charge in [-0.05, 0) is 24.8 Å². The van der Waals surface area contributed by atoms with E-state index < -0.39 is 0 Å². The average Bonchev–Trinajstić information content (AvgIpc) is 2.69. The van der Waals surface area contributed by atoms with Crippen LogP contribution in [0.25, 0.3) is 11.3 Å². The lowest BCUT2D eigenvalue weighted by molar-refractivity contribution is 0.282. The van der Waals surface area contributed by atoms with E-state index in [1.165, 1.54) is 23.7 Å². The van der Waals surface area contributed by atoms with Gasteiger partial charge in [0.25, 0.3) is 5.56 Å². The molecule has 0 aliphatic heterocycles. The molecule has 0 amide bonds. The first-order valence-corrected chi connectivity index (χ1v) is 10.5. The van der Waals surface area contributed by atoms with Crippen molar-refractivity contribution in [2.45, 2.75) is 55.6 Å². The molecule has 0 unspecified atom stereocenters. The first kappa shape index (κ1) is 18.1. The fraction of sp³-hybridized carbons (Fsp3) is 0.409. The molecule has 0 radical (unpaired) electrons. The number of hydrogen-bond acceptors (Lipinski definition) is 4. The maximum atomic E-state index is 13.6. The Labute approximate surface area is 163 Å². The molecule has 1 saturated carbocycles. The number of nitriles is 1. The van der Waals surface area contributed by atoms with E-state index in [4.69, 9.17) is 10.2 Å². The molecule has 27 heavy (non-hydrogen) atoms. The van der Waals surface area contributed by atoms with Crippen LogP contribution >= 0.6 is 11.8 Å². The Morgan fingerprint density at radius 2 is 2.07 bits per heavy atom. The Kier molecular flexibility index (Phi) is 4.92. The van der Waals surface area contributed by atoms with E-state index in [9.17, 15) is 4.79 Å². The smallest absolute Gasteiger partial charge is 0.258 e. The highest BCUT2D eigenvalue weighted by Crippen LogP contribution is 2.48. The molecule has 138 valence electrons. The average molecular weight is 378 g/mol. The molecule has 1 spiro atoms. The van der Waals surface area contributed by atoms with Crippen molar-refractivity contribution in [3.05, 3.63) is 58.4 Å². The summed E-state index contributed by atoms with van der Waals surface area (Å²) < 4.78 is 1.71. The maximum Gasteiger partial charge on any atom is 0.258 e. The summed E-state index contributed by atoms with van der Waals surface area (Å²) in [6, 6.07) is 10.5. The highest BCUT2D eigenvalue weighted by molar-refractivity contribution is 7.99. The zero-order valence-corrected chi connectivity index (χ0v) is 16.2. The number of thioether (sulfide) groups is 1. The minimum Gasteiger partial charge on any atom is -0.283 e. The number of benzene rings is 1. The van der Waals surface area contributed by atoms with Gasteiger partial charge in [-0.1, -0.05) is 61.4 Å². The summed E-state index contributed by atoms with van der Waals surface area (Å²) in [7, 11) is 0. The number of allylic oxidation sites excluding steroid dienone is 1. The van der Waals surface area contributed by atoms with Gasteiger partial charge < -0.3 is 0 Å². The Morgan fingerprint density at radius 1 is 1.30 bits per heavy atom. The van der Waals surface area contributed by atoms with Crippen LogP contribution in [0.5, 0.6) is 0 Å². The first-order chi connectivity index (χ1) is 13.2. The van der Waals surface area contributed by atoms with Crippen molar-refractivity contribution in [1.29, 1.82) is 5.26 Å². The molecule has 2 aliphatic carbocycles. The van der Waals surface area contributed by atoms with Gasteiger partial charge in [-0.25, -0.2) is 4.98 Å². The molecule has 0 atom stereocenters. The molecule has 0 bridgehead atoms. The predicted molar refractivity (Wildman–Crippen MR) is 109 cm³/mol. The fourth-order valence-electron chi connectivity index (χ4n) is 4.72. The molecule has 0 saturated heterocycles. The third-order valence-corrected chi connectivity index (χ3v) is 6.70. The molecule has 4 nitrogen and oxygen atoms in total. The number of aromatic nitrogens is 2. The van der Waals surface area contributed by atoms with Crippen LogP contribution in [0, 0.1) is 11.3 Å². The van der Waals surface area contributed by atoms with Gasteiger partial charge in [0.1, 0.15) is 0 Å². The summed E-state index contributed by atoms with van der Waals surface area (Å²) >= 11 is 1.33. The van der Waals surface area contributed by atoms with E-state index in [2.05, 4.69) is 30.8 Å². The summed E-state index contributed by atoms with van der Waals surface area (Å²) in [5.41, 5.74) is 4.04. The van der Waals surface area contributed by atoms with Crippen molar-refractivity contribution in [3.63, 3.8) is 0 Å². The van der Waals surface area contributed by atoms with Crippen LogP contribution in [0.1, 0.15) is 43.2 Å². The quantitative estimate of drug-likeness (QED) is 0.448. The molecule has 5 heteroatoms. The Hall–Kier alpha value is -2.32. The second-order valence-electron chi connectivity index (χ2n) is 7.44. The predicted octanol–water partition coefficient (Wildman–Crippen LogP) is 4.47. The number of rotatable bonds is 4. The fourth-order valence-corrected chi connectivity index (χ4v) is 5.38. The largest absolute Gasteiger partial charge is 0.283 e. The molecule has 1 aromatic heterocycles. The van der Waals surface area contributed by atoms with Gasteiger partial charge in [0, 0.05) is 17.5 Å². The number of hydrogen-bond donors (Lipinski definition) is 0. The molecule has 2 aliphatic rings. The van der Waals surface area contributed by atoms with Crippen molar-refractivity contribution in [2.75, 3.05) is 5.75 Å². The van der Waals surface area contributed by atoms with Gasteiger partial charge in [0.2, 0.25) is 0 Å². The number of nitrogens with zero attached hydrogens (tertiary/aromatic N) is 3. The monoisotopic (exact) mass is 377 g/mol. The molecule has 4 rings (SSSR count). The zero-order chi connectivity index (χ0) is 18.9. The van der Waals surface area contributed by atoms with Gasteiger partial charge >= 0.3 is 0 Å². The molecule has 1 fully saturated rings. The summed E-state index contributed by atoms with van der Waals surface area (Å²) in [6.45, 7) is 4.23. The van der Waals surface area contributed by atoms with E-state index in [1.807, 2.05) is 6.07 Å². The molecular formula is C22H23N3OS. The van der Waals surface area contributed by atoms with Crippen molar-refractivity contribution in [3.8, 4) is 17.3 Å². The van der Waals surface area contributed by atoms with Crippen LogP contribution in [0.4, 0.5) is 0 Å². The Balaban J connectivity index is 2.01. The highest BCUT2D eigenvalue weighted by atomic mass is 32.2. The third kappa shape index (κ3) is 3.02. The second kappa shape index (κ2) is 7.36. The zero-order valence-electron chi connectivity index (χ0n) is 15.4. The second-order valence-corrected chi connectivity index (χ2v) is 8.39. The van der Waals surface area contributed by atoms with Crippen molar-refractivity contribution >= 4 is 11.8 Å². The third-order valence-electron chi connectivity index (χ3n) is 5.85. The van der Waals surface area contributed by atoms with E-state index in [0.29, 0.717) is 11.7 Å². The Morgan fingerprint density at radius 3 is 2.81 bits per heavy atom.